The summed E-state index contributed by atoms with van der Waals surface area (Å²) in [6.07, 6.45) is 1.77. The lowest BCUT2D eigenvalue weighted by molar-refractivity contribution is 0.708. The zero-order valence-electron chi connectivity index (χ0n) is 5.57. The molecule has 0 aromatic rings. The summed E-state index contributed by atoms with van der Waals surface area (Å²) in [6, 6.07) is 0.354. The predicted molar refractivity (Wildman–Crippen MR) is 37.9 cm³/mol. The monoisotopic (exact) mass is 111 g/mol. The van der Waals surface area contributed by atoms with E-state index >= 15 is 0 Å². The molecule has 0 saturated heterocycles. The summed E-state index contributed by atoms with van der Waals surface area (Å²) in [6.45, 7) is 9.40. The third-order valence-electron chi connectivity index (χ3n) is 1.25. The van der Waals surface area contributed by atoms with Crippen LogP contribution in [0.5, 0.6) is 0 Å². The Morgan fingerprint density at radius 3 is 2.38 bits per heavy atom. The van der Waals surface area contributed by atoms with Gasteiger partial charge in [-0.2, -0.15) is 0 Å². The standard InChI is InChI=1S/C7H13N/c1-5-6(2)7(3)8-4/h5,7-8H,1-2H2,3-4H3/t7-/m1/s1. The molecule has 0 spiro atoms. The Morgan fingerprint density at radius 1 is 1.75 bits per heavy atom. The van der Waals surface area contributed by atoms with Crippen LogP contribution >= 0.6 is 0 Å². The highest BCUT2D eigenvalue weighted by Crippen LogP contribution is 1.96. The third kappa shape index (κ3) is 1.94. The van der Waals surface area contributed by atoms with E-state index in [0.717, 1.165) is 5.57 Å². The molecule has 0 saturated carbocycles. The van der Waals surface area contributed by atoms with Crippen molar-refractivity contribution in [2.75, 3.05) is 7.05 Å². The van der Waals surface area contributed by atoms with Gasteiger partial charge in [-0.1, -0.05) is 19.2 Å². The second-order valence-corrected chi connectivity index (χ2v) is 1.79. The van der Waals surface area contributed by atoms with Gasteiger partial charge in [-0.05, 0) is 19.5 Å². The highest BCUT2D eigenvalue weighted by molar-refractivity contribution is 5.16. The molecule has 0 fully saturated rings. The molecule has 0 aliphatic carbocycles. The zero-order valence-corrected chi connectivity index (χ0v) is 5.57. The fraction of sp³-hybridized carbons (Fsp3) is 0.429. The van der Waals surface area contributed by atoms with Gasteiger partial charge in [0.15, 0.2) is 0 Å². The van der Waals surface area contributed by atoms with E-state index in [1.807, 2.05) is 14.0 Å². The Morgan fingerprint density at radius 2 is 2.25 bits per heavy atom. The molecule has 0 bridgehead atoms. The molecular weight excluding hydrogens is 98.1 g/mol. The van der Waals surface area contributed by atoms with Gasteiger partial charge >= 0.3 is 0 Å². The van der Waals surface area contributed by atoms with Gasteiger partial charge in [0.05, 0.1) is 0 Å². The Labute approximate surface area is 51.1 Å². The minimum absolute atomic E-state index is 0.354. The molecule has 1 heteroatoms. The number of hydrogen-bond donors (Lipinski definition) is 1. The van der Waals surface area contributed by atoms with Gasteiger partial charge in [0.1, 0.15) is 0 Å². The van der Waals surface area contributed by atoms with Gasteiger partial charge < -0.3 is 5.32 Å². The third-order valence-corrected chi connectivity index (χ3v) is 1.25. The topological polar surface area (TPSA) is 12.0 Å². The minimum atomic E-state index is 0.354. The van der Waals surface area contributed by atoms with E-state index in [9.17, 15) is 0 Å². The van der Waals surface area contributed by atoms with Crippen LogP contribution in [0.3, 0.4) is 0 Å². The summed E-state index contributed by atoms with van der Waals surface area (Å²) in [7, 11) is 1.90. The molecular formula is C7H13N. The van der Waals surface area contributed by atoms with E-state index in [0.29, 0.717) is 6.04 Å². The molecule has 0 unspecified atom stereocenters. The fourth-order valence-electron chi connectivity index (χ4n) is 0.362. The summed E-state index contributed by atoms with van der Waals surface area (Å²) in [4.78, 5) is 0. The van der Waals surface area contributed by atoms with Gasteiger partial charge in [0.2, 0.25) is 0 Å². The lowest BCUT2D eigenvalue weighted by Crippen LogP contribution is -2.21. The van der Waals surface area contributed by atoms with E-state index in [1.54, 1.807) is 6.08 Å². The van der Waals surface area contributed by atoms with Crippen molar-refractivity contribution in [1.82, 2.24) is 5.32 Å². The van der Waals surface area contributed by atoms with E-state index < -0.39 is 0 Å². The Balaban J connectivity index is 3.62. The molecule has 1 nitrogen and oxygen atoms in total. The molecule has 0 aliphatic rings. The van der Waals surface area contributed by atoms with Gasteiger partial charge in [-0.15, -0.1) is 0 Å². The lowest BCUT2D eigenvalue weighted by Gasteiger charge is -2.07. The first-order valence-corrected chi connectivity index (χ1v) is 2.71. The van der Waals surface area contributed by atoms with Crippen LogP contribution in [0.15, 0.2) is 24.8 Å². The molecule has 0 heterocycles. The average Bonchev–Trinajstić information content (AvgIpc) is 1.84. The Kier molecular flexibility index (Phi) is 3.20. The van der Waals surface area contributed by atoms with Crippen LogP contribution < -0.4 is 5.32 Å². The van der Waals surface area contributed by atoms with Crippen LogP contribution in [-0.4, -0.2) is 13.1 Å². The highest BCUT2D eigenvalue weighted by atomic mass is 14.8. The Hall–Kier alpha value is -0.560. The fourth-order valence-corrected chi connectivity index (χ4v) is 0.362. The molecule has 0 rings (SSSR count). The van der Waals surface area contributed by atoms with Crippen molar-refractivity contribution in [2.45, 2.75) is 13.0 Å². The predicted octanol–water partition coefficient (Wildman–Crippen LogP) is 1.34. The molecule has 0 aliphatic heterocycles. The summed E-state index contributed by atoms with van der Waals surface area (Å²) in [5.74, 6) is 0. The van der Waals surface area contributed by atoms with Crippen molar-refractivity contribution in [1.29, 1.82) is 0 Å². The molecule has 46 valence electrons. The first kappa shape index (κ1) is 7.44. The van der Waals surface area contributed by atoms with E-state index in [4.69, 9.17) is 0 Å². The van der Waals surface area contributed by atoms with Gasteiger partial charge in [0.25, 0.3) is 0 Å². The van der Waals surface area contributed by atoms with Crippen molar-refractivity contribution in [2.24, 2.45) is 0 Å². The van der Waals surface area contributed by atoms with Crippen molar-refractivity contribution < 1.29 is 0 Å². The maximum absolute atomic E-state index is 3.76. The molecule has 0 aromatic heterocycles. The van der Waals surface area contributed by atoms with Crippen LogP contribution in [0.25, 0.3) is 0 Å². The molecule has 0 aromatic carbocycles. The van der Waals surface area contributed by atoms with E-state index in [2.05, 4.69) is 18.5 Å². The zero-order chi connectivity index (χ0) is 6.57. The van der Waals surface area contributed by atoms with Crippen LogP contribution in [-0.2, 0) is 0 Å². The summed E-state index contributed by atoms with van der Waals surface area (Å²) >= 11 is 0. The molecule has 1 N–H and O–H groups in total. The summed E-state index contributed by atoms with van der Waals surface area (Å²) in [5, 5.41) is 3.04. The quantitative estimate of drug-likeness (QED) is 0.542. The molecule has 0 amide bonds. The van der Waals surface area contributed by atoms with Crippen LogP contribution in [0.1, 0.15) is 6.92 Å². The van der Waals surface area contributed by atoms with Crippen molar-refractivity contribution in [3.8, 4) is 0 Å². The van der Waals surface area contributed by atoms with Crippen LogP contribution in [0, 0.1) is 0 Å². The maximum atomic E-state index is 3.76. The Bertz CT molecular complexity index is 94.6. The summed E-state index contributed by atoms with van der Waals surface area (Å²) < 4.78 is 0. The van der Waals surface area contributed by atoms with Gasteiger partial charge in [-0.3, -0.25) is 0 Å². The summed E-state index contributed by atoms with van der Waals surface area (Å²) in [5.41, 5.74) is 1.03. The van der Waals surface area contributed by atoms with E-state index in [1.165, 1.54) is 0 Å². The number of likely N-dealkylation sites (N-methyl/N-ethyl adjacent to an activating group) is 1. The molecule has 0 radical (unpaired) electrons. The lowest BCUT2D eigenvalue weighted by atomic mass is 10.1. The SMILES string of the molecule is C=CC(=C)[C@@H](C)NC. The van der Waals surface area contributed by atoms with E-state index in [-0.39, 0.29) is 0 Å². The second-order valence-electron chi connectivity index (χ2n) is 1.79. The van der Waals surface area contributed by atoms with Gasteiger partial charge in [-0.25, -0.2) is 0 Å². The number of rotatable bonds is 3. The van der Waals surface area contributed by atoms with Crippen LogP contribution in [0.4, 0.5) is 0 Å². The normalized spacial score (nSPS) is 12.8. The first-order chi connectivity index (χ1) is 3.72. The first-order valence-electron chi connectivity index (χ1n) is 2.71. The van der Waals surface area contributed by atoms with Crippen molar-refractivity contribution in [3.05, 3.63) is 24.8 Å². The smallest absolute Gasteiger partial charge is 0.0282 e. The van der Waals surface area contributed by atoms with Crippen molar-refractivity contribution >= 4 is 0 Å². The van der Waals surface area contributed by atoms with Gasteiger partial charge in [0, 0.05) is 6.04 Å². The second kappa shape index (κ2) is 3.44. The largest absolute Gasteiger partial charge is 0.313 e. The number of hydrogen-bond acceptors (Lipinski definition) is 1. The average molecular weight is 111 g/mol. The minimum Gasteiger partial charge on any atom is -0.313 e. The molecule has 8 heavy (non-hydrogen) atoms. The number of nitrogens with one attached hydrogen (secondary N) is 1. The van der Waals surface area contributed by atoms with Crippen LogP contribution in [0.2, 0.25) is 0 Å². The van der Waals surface area contributed by atoms with Crippen molar-refractivity contribution in [3.63, 3.8) is 0 Å². The maximum Gasteiger partial charge on any atom is 0.0282 e. The highest BCUT2D eigenvalue weighted by Gasteiger charge is 1.95. The molecule has 1 atom stereocenters.